The van der Waals surface area contributed by atoms with Gasteiger partial charge in [0.1, 0.15) is 0 Å². The van der Waals surface area contributed by atoms with Gasteiger partial charge in [0.25, 0.3) is 5.91 Å². The molecule has 0 saturated carbocycles. The highest BCUT2D eigenvalue weighted by molar-refractivity contribution is 6.01. The minimum absolute atomic E-state index is 0.0840. The van der Waals surface area contributed by atoms with Gasteiger partial charge < -0.3 is 9.47 Å². The highest BCUT2D eigenvalue weighted by Crippen LogP contribution is 2.30. The lowest BCUT2D eigenvalue weighted by Gasteiger charge is -2.12. The lowest BCUT2D eigenvalue weighted by atomic mass is 9.96. The standard InChI is InChI=1S/C18H20N2O/c1-12-5-6-14(11-13(12)2)15-7-10-20(4)18(21)16-8-9-19(3)17(15)16/h5-9,11H,10H2,1-4H3. The van der Waals surface area contributed by atoms with Gasteiger partial charge in [-0.1, -0.05) is 24.3 Å². The largest absolute Gasteiger partial charge is 0.350 e. The van der Waals surface area contributed by atoms with Crippen LogP contribution in [0, 0.1) is 13.8 Å². The molecule has 0 bridgehead atoms. The van der Waals surface area contributed by atoms with E-state index in [1.165, 1.54) is 16.7 Å². The van der Waals surface area contributed by atoms with E-state index in [0.29, 0.717) is 6.54 Å². The monoisotopic (exact) mass is 280 g/mol. The number of aryl methyl sites for hydroxylation is 3. The molecule has 1 aromatic heterocycles. The van der Waals surface area contributed by atoms with Crippen molar-refractivity contribution in [1.82, 2.24) is 9.47 Å². The van der Waals surface area contributed by atoms with Gasteiger partial charge in [0.05, 0.1) is 11.3 Å². The lowest BCUT2D eigenvalue weighted by molar-refractivity contribution is 0.0811. The molecule has 1 aliphatic rings. The average molecular weight is 280 g/mol. The van der Waals surface area contributed by atoms with Crippen LogP contribution in [-0.2, 0) is 7.05 Å². The molecule has 3 nitrogen and oxygen atoms in total. The van der Waals surface area contributed by atoms with Crippen molar-refractivity contribution in [2.24, 2.45) is 7.05 Å². The fourth-order valence-corrected chi connectivity index (χ4v) is 2.81. The first-order valence-corrected chi connectivity index (χ1v) is 7.18. The van der Waals surface area contributed by atoms with Crippen LogP contribution in [0.2, 0.25) is 0 Å². The summed E-state index contributed by atoms with van der Waals surface area (Å²) in [5.74, 6) is 0.0840. The SMILES string of the molecule is Cc1ccc(C2=CCN(C)C(=O)c3ccn(C)c32)cc1C. The lowest BCUT2D eigenvalue weighted by Crippen LogP contribution is -2.25. The second kappa shape index (κ2) is 4.92. The van der Waals surface area contributed by atoms with E-state index >= 15 is 0 Å². The predicted octanol–water partition coefficient (Wildman–Crippen LogP) is 3.16. The number of amides is 1. The molecule has 0 fully saturated rings. The van der Waals surface area contributed by atoms with E-state index in [1.54, 1.807) is 4.90 Å². The summed E-state index contributed by atoms with van der Waals surface area (Å²) in [6.07, 6.45) is 4.10. The minimum Gasteiger partial charge on any atom is -0.350 e. The maximum atomic E-state index is 12.4. The Morgan fingerprint density at radius 1 is 1.05 bits per heavy atom. The van der Waals surface area contributed by atoms with Gasteiger partial charge >= 0.3 is 0 Å². The molecular formula is C18H20N2O. The molecule has 1 amide bonds. The number of hydrogen-bond donors (Lipinski definition) is 0. The second-order valence-electron chi connectivity index (χ2n) is 5.79. The van der Waals surface area contributed by atoms with Gasteiger partial charge in [0.15, 0.2) is 0 Å². The Balaban J connectivity index is 2.21. The third kappa shape index (κ3) is 2.19. The first-order chi connectivity index (χ1) is 9.99. The summed E-state index contributed by atoms with van der Waals surface area (Å²) in [6.45, 7) is 4.88. The molecule has 0 unspecified atom stereocenters. The van der Waals surface area contributed by atoms with Gasteiger partial charge in [-0.15, -0.1) is 0 Å². The summed E-state index contributed by atoms with van der Waals surface area (Å²) in [4.78, 5) is 14.2. The number of likely N-dealkylation sites (N-methyl/N-ethyl adjacent to an activating group) is 1. The van der Waals surface area contributed by atoms with Crippen LogP contribution >= 0.6 is 0 Å². The van der Waals surface area contributed by atoms with Crippen LogP contribution in [0.3, 0.4) is 0 Å². The smallest absolute Gasteiger partial charge is 0.256 e. The molecule has 2 aromatic rings. The van der Waals surface area contributed by atoms with E-state index in [0.717, 1.165) is 16.8 Å². The molecule has 21 heavy (non-hydrogen) atoms. The summed E-state index contributed by atoms with van der Waals surface area (Å²) in [5, 5.41) is 0. The summed E-state index contributed by atoms with van der Waals surface area (Å²) < 4.78 is 2.04. The Kier molecular flexibility index (Phi) is 3.20. The molecule has 3 rings (SSSR count). The van der Waals surface area contributed by atoms with Crippen LogP contribution < -0.4 is 0 Å². The van der Waals surface area contributed by atoms with E-state index < -0.39 is 0 Å². The zero-order valence-electron chi connectivity index (χ0n) is 13.0. The minimum atomic E-state index is 0.0840. The van der Waals surface area contributed by atoms with Crippen molar-refractivity contribution in [1.29, 1.82) is 0 Å². The second-order valence-corrected chi connectivity index (χ2v) is 5.79. The number of benzene rings is 1. The Morgan fingerprint density at radius 2 is 1.81 bits per heavy atom. The Hall–Kier alpha value is -2.29. The molecular weight excluding hydrogens is 260 g/mol. The van der Waals surface area contributed by atoms with Crippen LogP contribution in [0.15, 0.2) is 36.5 Å². The van der Waals surface area contributed by atoms with E-state index in [2.05, 4.69) is 38.1 Å². The molecule has 0 atom stereocenters. The maximum Gasteiger partial charge on any atom is 0.256 e. The molecule has 0 saturated heterocycles. The summed E-state index contributed by atoms with van der Waals surface area (Å²) in [7, 11) is 3.84. The number of aromatic nitrogens is 1. The highest BCUT2D eigenvalue weighted by atomic mass is 16.2. The highest BCUT2D eigenvalue weighted by Gasteiger charge is 2.24. The molecule has 1 aliphatic heterocycles. The number of nitrogens with zero attached hydrogens (tertiary/aromatic N) is 2. The quantitative estimate of drug-likeness (QED) is 0.787. The van der Waals surface area contributed by atoms with Crippen LogP contribution in [0.1, 0.15) is 32.7 Å². The van der Waals surface area contributed by atoms with Crippen molar-refractivity contribution >= 4 is 11.5 Å². The molecule has 1 aromatic carbocycles. The Labute approximate surface area is 125 Å². The van der Waals surface area contributed by atoms with Crippen LogP contribution in [0.25, 0.3) is 5.57 Å². The van der Waals surface area contributed by atoms with Gasteiger partial charge in [0, 0.05) is 32.4 Å². The topological polar surface area (TPSA) is 25.2 Å². The van der Waals surface area contributed by atoms with E-state index in [9.17, 15) is 4.79 Å². The number of carbonyl (C=O) groups excluding carboxylic acids is 1. The number of hydrogen-bond acceptors (Lipinski definition) is 1. The maximum absolute atomic E-state index is 12.4. The van der Waals surface area contributed by atoms with E-state index in [1.807, 2.05) is 30.9 Å². The summed E-state index contributed by atoms with van der Waals surface area (Å²) >= 11 is 0. The molecule has 3 heteroatoms. The third-order valence-electron chi connectivity index (χ3n) is 4.29. The molecule has 0 spiro atoms. The van der Waals surface area contributed by atoms with Crippen molar-refractivity contribution in [3.05, 3.63) is 64.5 Å². The number of fused-ring (bicyclic) bond motifs is 1. The van der Waals surface area contributed by atoms with Crippen LogP contribution in [0.4, 0.5) is 0 Å². The van der Waals surface area contributed by atoms with Crippen LogP contribution in [-0.4, -0.2) is 29.0 Å². The van der Waals surface area contributed by atoms with Gasteiger partial charge in [-0.05, 0) is 36.6 Å². The summed E-state index contributed by atoms with van der Waals surface area (Å²) in [5.41, 5.74) is 6.65. The zero-order chi connectivity index (χ0) is 15.1. The molecule has 0 N–H and O–H groups in total. The fraction of sp³-hybridized carbons (Fsp3) is 0.278. The van der Waals surface area contributed by atoms with Gasteiger partial charge in [-0.25, -0.2) is 0 Å². The zero-order valence-corrected chi connectivity index (χ0v) is 13.0. The van der Waals surface area contributed by atoms with Gasteiger partial charge in [-0.3, -0.25) is 4.79 Å². The van der Waals surface area contributed by atoms with Crippen molar-refractivity contribution in [2.45, 2.75) is 13.8 Å². The molecule has 2 heterocycles. The van der Waals surface area contributed by atoms with Crippen molar-refractivity contribution in [2.75, 3.05) is 13.6 Å². The number of rotatable bonds is 1. The summed E-state index contributed by atoms with van der Waals surface area (Å²) in [6, 6.07) is 8.40. The van der Waals surface area contributed by atoms with E-state index in [-0.39, 0.29) is 5.91 Å². The first kappa shape index (κ1) is 13.7. The number of carbonyl (C=O) groups is 1. The average Bonchev–Trinajstić information content (AvgIpc) is 2.78. The Morgan fingerprint density at radius 3 is 2.52 bits per heavy atom. The molecule has 0 aliphatic carbocycles. The van der Waals surface area contributed by atoms with Gasteiger partial charge in [0.2, 0.25) is 0 Å². The van der Waals surface area contributed by atoms with Crippen molar-refractivity contribution < 1.29 is 4.79 Å². The normalized spacial score (nSPS) is 14.8. The third-order valence-corrected chi connectivity index (χ3v) is 4.29. The predicted molar refractivity (Wildman–Crippen MR) is 85.4 cm³/mol. The van der Waals surface area contributed by atoms with Crippen molar-refractivity contribution in [3.63, 3.8) is 0 Å². The van der Waals surface area contributed by atoms with Crippen molar-refractivity contribution in [3.8, 4) is 0 Å². The van der Waals surface area contributed by atoms with Gasteiger partial charge in [-0.2, -0.15) is 0 Å². The molecule has 0 radical (unpaired) electrons. The Bertz CT molecular complexity index is 753. The van der Waals surface area contributed by atoms with Crippen LogP contribution in [0.5, 0.6) is 0 Å². The van der Waals surface area contributed by atoms with E-state index in [4.69, 9.17) is 0 Å². The first-order valence-electron chi connectivity index (χ1n) is 7.18. The fourth-order valence-electron chi connectivity index (χ4n) is 2.81. The molecule has 108 valence electrons.